The summed E-state index contributed by atoms with van der Waals surface area (Å²) in [6.45, 7) is 5.13. The second-order valence-electron chi connectivity index (χ2n) is 8.75. The first-order valence-electron chi connectivity index (χ1n) is 12.2. The van der Waals surface area contributed by atoms with Gasteiger partial charge in [-0.2, -0.15) is 0 Å². The molecule has 200 valence electrons. The van der Waals surface area contributed by atoms with Crippen molar-refractivity contribution in [3.05, 3.63) is 76.2 Å². The Morgan fingerprint density at radius 2 is 1.71 bits per heavy atom. The highest BCUT2D eigenvalue weighted by Gasteiger charge is 2.27. The van der Waals surface area contributed by atoms with Crippen LogP contribution in [0, 0.1) is 6.92 Å². The second-order valence-corrected chi connectivity index (χ2v) is 9.77. The predicted octanol–water partition coefficient (Wildman–Crippen LogP) is 2.62. The van der Waals surface area contributed by atoms with E-state index in [2.05, 4.69) is 5.32 Å². The molecule has 0 bridgehead atoms. The van der Waals surface area contributed by atoms with E-state index in [9.17, 15) is 19.2 Å². The summed E-state index contributed by atoms with van der Waals surface area (Å²) in [5, 5.41) is 2.72. The number of carbonyl (C=O) groups excluding carboxylic acids is 3. The van der Waals surface area contributed by atoms with Gasteiger partial charge in [-0.25, -0.2) is 9.48 Å². The Balaban J connectivity index is 1.41. The number of morpholine rings is 1. The summed E-state index contributed by atoms with van der Waals surface area (Å²) in [5.74, 6) is -1.34. The van der Waals surface area contributed by atoms with Gasteiger partial charge in [-0.15, -0.1) is 11.8 Å². The molecule has 0 saturated carbocycles. The number of rotatable bonds is 8. The van der Waals surface area contributed by atoms with Crippen LogP contribution in [0.15, 0.2) is 64.3 Å². The normalized spacial score (nSPS) is 14.1. The first-order valence-corrected chi connectivity index (χ1v) is 13.2. The monoisotopic (exact) mass is 538 g/mol. The quantitative estimate of drug-likeness (QED) is 0.347. The molecule has 1 aromatic heterocycles. The van der Waals surface area contributed by atoms with Crippen LogP contribution in [0.4, 0.5) is 5.69 Å². The van der Waals surface area contributed by atoms with Gasteiger partial charge in [0.25, 0.3) is 11.5 Å². The molecule has 2 heterocycles. The van der Waals surface area contributed by atoms with Gasteiger partial charge in [0.05, 0.1) is 35.9 Å². The van der Waals surface area contributed by atoms with Crippen molar-refractivity contribution in [2.24, 2.45) is 7.05 Å². The molecule has 38 heavy (non-hydrogen) atoms. The van der Waals surface area contributed by atoms with E-state index in [-0.39, 0.29) is 34.4 Å². The molecular weight excluding hydrogens is 508 g/mol. The number of nitrogens with one attached hydrogen (secondary N) is 1. The van der Waals surface area contributed by atoms with Gasteiger partial charge in [-0.3, -0.25) is 19.1 Å². The lowest BCUT2D eigenvalue weighted by molar-refractivity contribution is -0.143. The van der Waals surface area contributed by atoms with Crippen LogP contribution in [0.3, 0.4) is 0 Å². The Labute approximate surface area is 224 Å². The number of para-hydroxylation sites is 1. The molecule has 1 aliphatic rings. The van der Waals surface area contributed by atoms with Crippen molar-refractivity contribution < 1.29 is 23.9 Å². The van der Waals surface area contributed by atoms with Crippen LogP contribution in [-0.2, 0) is 26.1 Å². The van der Waals surface area contributed by atoms with Crippen molar-refractivity contribution in [3.63, 3.8) is 0 Å². The Hall–Kier alpha value is -3.83. The maximum absolute atomic E-state index is 13.1. The van der Waals surface area contributed by atoms with Crippen molar-refractivity contribution in [1.29, 1.82) is 0 Å². The lowest BCUT2D eigenvalue weighted by Gasteiger charge is -2.29. The number of benzene rings is 2. The maximum atomic E-state index is 13.1. The van der Waals surface area contributed by atoms with Crippen molar-refractivity contribution in [2.45, 2.75) is 24.8 Å². The molecule has 1 atom stereocenters. The molecule has 11 heteroatoms. The van der Waals surface area contributed by atoms with Gasteiger partial charge >= 0.3 is 5.97 Å². The third kappa shape index (κ3) is 6.00. The van der Waals surface area contributed by atoms with Gasteiger partial charge in [-0.1, -0.05) is 30.3 Å². The van der Waals surface area contributed by atoms with Crippen LogP contribution >= 0.6 is 11.8 Å². The van der Waals surface area contributed by atoms with Crippen molar-refractivity contribution in [2.75, 3.05) is 37.4 Å². The molecule has 0 spiro atoms. The number of aromatic nitrogens is 2. The van der Waals surface area contributed by atoms with Crippen molar-refractivity contribution in [3.8, 4) is 5.69 Å². The highest BCUT2D eigenvalue weighted by molar-refractivity contribution is 8.00. The van der Waals surface area contributed by atoms with Gasteiger partial charge in [0, 0.05) is 25.0 Å². The average molecular weight is 539 g/mol. The fourth-order valence-corrected chi connectivity index (χ4v) is 4.95. The SMILES string of the molecule is Cc1c(NC(=O)CSc2ccccc2C(=O)O[C@H](C)C(=O)N2CCOCC2)c(=O)n(-c2ccccc2)n1C. The zero-order chi connectivity index (χ0) is 27.2. The summed E-state index contributed by atoms with van der Waals surface area (Å²) < 4.78 is 13.9. The summed E-state index contributed by atoms with van der Waals surface area (Å²) in [7, 11) is 1.75. The first-order chi connectivity index (χ1) is 18.3. The fraction of sp³-hybridized carbons (Fsp3) is 0.333. The molecule has 1 saturated heterocycles. The molecule has 2 amide bonds. The standard InChI is InChI=1S/C27H30N4O6S/c1-18-24(26(34)31(29(18)3)20-9-5-4-6-10-20)28-23(32)17-38-22-12-8-7-11-21(22)27(35)37-19(2)25(33)30-13-15-36-16-14-30/h4-12,19H,13-17H2,1-3H3,(H,28,32)/t19-/m1/s1. The molecule has 3 aromatic rings. The van der Waals surface area contributed by atoms with Crippen LogP contribution in [-0.4, -0.2) is 70.2 Å². The summed E-state index contributed by atoms with van der Waals surface area (Å²) in [6, 6.07) is 15.9. The molecule has 1 fully saturated rings. The number of amides is 2. The highest BCUT2D eigenvalue weighted by Crippen LogP contribution is 2.24. The number of esters is 1. The van der Waals surface area contributed by atoms with E-state index in [0.29, 0.717) is 42.6 Å². The van der Waals surface area contributed by atoms with E-state index in [1.54, 1.807) is 54.7 Å². The number of hydrogen-bond donors (Lipinski definition) is 1. The van der Waals surface area contributed by atoms with Gasteiger partial charge in [-0.05, 0) is 38.1 Å². The van der Waals surface area contributed by atoms with Crippen molar-refractivity contribution >= 4 is 35.2 Å². The zero-order valence-electron chi connectivity index (χ0n) is 21.5. The Morgan fingerprint density at radius 1 is 1.05 bits per heavy atom. The molecule has 0 aliphatic carbocycles. The van der Waals surface area contributed by atoms with Crippen LogP contribution in [0.5, 0.6) is 0 Å². The number of ether oxygens (including phenoxy) is 2. The maximum Gasteiger partial charge on any atom is 0.340 e. The smallest absolute Gasteiger partial charge is 0.340 e. The third-order valence-corrected chi connectivity index (χ3v) is 7.31. The zero-order valence-corrected chi connectivity index (χ0v) is 22.3. The lowest BCUT2D eigenvalue weighted by Crippen LogP contribution is -2.46. The van der Waals surface area contributed by atoms with Crippen molar-refractivity contribution in [1.82, 2.24) is 14.3 Å². The van der Waals surface area contributed by atoms with E-state index in [1.165, 1.54) is 4.68 Å². The molecule has 1 N–H and O–H groups in total. The predicted molar refractivity (Wildman–Crippen MR) is 144 cm³/mol. The van der Waals surface area contributed by atoms with E-state index in [4.69, 9.17) is 9.47 Å². The van der Waals surface area contributed by atoms with Crippen LogP contribution < -0.4 is 10.9 Å². The van der Waals surface area contributed by atoms with E-state index in [0.717, 1.165) is 11.8 Å². The minimum absolute atomic E-state index is 0.0360. The summed E-state index contributed by atoms with van der Waals surface area (Å²) >= 11 is 1.14. The van der Waals surface area contributed by atoms with Gasteiger partial charge in [0.15, 0.2) is 6.10 Å². The van der Waals surface area contributed by atoms with Gasteiger partial charge < -0.3 is 19.7 Å². The second kappa shape index (κ2) is 12.1. The third-order valence-electron chi connectivity index (χ3n) is 6.24. The number of carbonyl (C=O) groups is 3. The number of nitrogens with zero attached hydrogens (tertiary/aromatic N) is 3. The highest BCUT2D eigenvalue weighted by atomic mass is 32.2. The molecule has 10 nitrogen and oxygen atoms in total. The lowest BCUT2D eigenvalue weighted by atomic mass is 10.2. The Morgan fingerprint density at radius 3 is 2.42 bits per heavy atom. The number of anilines is 1. The van der Waals surface area contributed by atoms with E-state index < -0.39 is 12.1 Å². The Bertz CT molecular complexity index is 1380. The van der Waals surface area contributed by atoms with E-state index in [1.807, 2.05) is 30.3 Å². The first kappa shape index (κ1) is 27.2. The minimum atomic E-state index is -0.949. The topological polar surface area (TPSA) is 112 Å². The van der Waals surface area contributed by atoms with E-state index >= 15 is 0 Å². The van der Waals surface area contributed by atoms with Gasteiger partial charge in [0.2, 0.25) is 5.91 Å². The molecule has 4 rings (SSSR count). The minimum Gasteiger partial charge on any atom is -0.449 e. The Kier molecular flexibility index (Phi) is 8.70. The van der Waals surface area contributed by atoms with Crippen LogP contribution in [0.2, 0.25) is 0 Å². The summed E-state index contributed by atoms with van der Waals surface area (Å²) in [5.41, 5.74) is 1.42. The van der Waals surface area contributed by atoms with Crippen LogP contribution in [0.25, 0.3) is 5.69 Å². The molecular formula is C27H30N4O6S. The van der Waals surface area contributed by atoms with Crippen LogP contribution in [0.1, 0.15) is 23.0 Å². The molecule has 2 aromatic carbocycles. The average Bonchev–Trinajstić information content (AvgIpc) is 3.15. The fourth-order valence-electron chi connectivity index (χ4n) is 4.11. The molecule has 0 unspecified atom stereocenters. The van der Waals surface area contributed by atoms with Gasteiger partial charge in [0.1, 0.15) is 5.69 Å². The molecule has 0 radical (unpaired) electrons. The largest absolute Gasteiger partial charge is 0.449 e. The molecule has 1 aliphatic heterocycles. The number of hydrogen-bond acceptors (Lipinski definition) is 7. The number of thioether (sulfide) groups is 1. The summed E-state index contributed by atoms with van der Waals surface area (Å²) in [4.78, 5) is 53.5. The summed E-state index contributed by atoms with van der Waals surface area (Å²) in [6.07, 6.45) is -0.949.